The highest BCUT2D eigenvalue weighted by Gasteiger charge is 2.11. The van der Waals surface area contributed by atoms with Crippen LogP contribution in [0.15, 0.2) is 0 Å². The number of rotatable bonds is 3. The molecule has 0 heterocycles. The monoisotopic (exact) mass is 151 g/mol. The molecule has 0 unspecified atom stereocenters. The van der Waals surface area contributed by atoms with E-state index in [2.05, 4.69) is 0 Å². The Hall–Kier alpha value is -0.0200. The summed E-state index contributed by atoms with van der Waals surface area (Å²) >= 11 is 0. The van der Waals surface area contributed by atoms with Gasteiger partial charge in [0.25, 0.3) is 0 Å². The first kappa shape index (κ1) is 8.98. The summed E-state index contributed by atoms with van der Waals surface area (Å²) in [5.41, 5.74) is 5.12. The molecule has 0 saturated carbocycles. The van der Waals surface area contributed by atoms with Crippen molar-refractivity contribution in [3.63, 3.8) is 0 Å². The van der Waals surface area contributed by atoms with E-state index < -0.39 is 14.4 Å². The van der Waals surface area contributed by atoms with E-state index in [1.165, 1.54) is 6.92 Å². The molecule has 0 fully saturated rings. The summed E-state index contributed by atoms with van der Waals surface area (Å²) in [6, 6.07) is -0.589. The molecule has 0 aromatic carbocycles. The number of nitrogens with two attached hydrogens (primary N) is 1. The van der Waals surface area contributed by atoms with Crippen molar-refractivity contribution in [3.05, 3.63) is 0 Å². The maximum Gasteiger partial charge on any atom is 0.172 e. The Kier molecular flexibility index (Phi) is 3.89. The Bertz CT molecular complexity index is 104. The molecule has 0 aliphatic carbocycles. The lowest BCUT2D eigenvalue weighted by Gasteiger charge is -2.03. The normalized spacial score (nSPS) is 13.9. The van der Waals surface area contributed by atoms with Crippen LogP contribution in [0, 0.1) is 0 Å². The minimum atomic E-state index is -2.10. The fraction of sp³-hybridized carbons (Fsp3) is 0.750. The third-order valence-corrected chi connectivity index (χ3v) is 1.40. The molecule has 0 aliphatic rings. The molecule has 0 spiro atoms. The molecule has 1 atom stereocenters. The zero-order valence-electron chi connectivity index (χ0n) is 5.11. The second kappa shape index (κ2) is 3.90. The van der Waals surface area contributed by atoms with Gasteiger partial charge in [0.2, 0.25) is 0 Å². The average Bonchev–Trinajstić information content (AvgIpc) is 1.63. The fourth-order valence-electron chi connectivity index (χ4n) is 0.283. The van der Waals surface area contributed by atoms with Crippen molar-refractivity contribution >= 4 is 14.2 Å². The molecule has 4 N–H and O–H groups in total. The molecule has 0 aromatic heterocycles. The molecule has 9 heavy (non-hydrogen) atoms. The summed E-state index contributed by atoms with van der Waals surface area (Å²) < 4.78 is 0. The van der Waals surface area contributed by atoms with Crippen molar-refractivity contribution in [2.75, 3.05) is 6.16 Å². The van der Waals surface area contributed by atoms with Crippen molar-refractivity contribution in [2.24, 2.45) is 5.73 Å². The van der Waals surface area contributed by atoms with Gasteiger partial charge in [0, 0.05) is 0 Å². The minimum absolute atomic E-state index is 0.215. The summed E-state index contributed by atoms with van der Waals surface area (Å²) in [6.07, 6.45) is -0.215. The van der Waals surface area contributed by atoms with Crippen LogP contribution in [0.4, 0.5) is 0 Å². The largest absolute Gasteiger partial charge is 0.350 e. The molecule has 0 bridgehead atoms. The average molecular weight is 151 g/mol. The van der Waals surface area contributed by atoms with Gasteiger partial charge in [-0.25, -0.2) is 0 Å². The topological polar surface area (TPSA) is 83.6 Å². The summed E-state index contributed by atoms with van der Waals surface area (Å²) in [4.78, 5) is 27.2. The Morgan fingerprint density at radius 3 is 2.33 bits per heavy atom. The Labute approximate surface area is 54.6 Å². The Morgan fingerprint density at radius 2 is 2.22 bits per heavy atom. The van der Waals surface area contributed by atoms with E-state index in [1.54, 1.807) is 0 Å². The lowest BCUT2D eigenvalue weighted by Crippen LogP contribution is -2.28. The number of hydrogen-bond acceptors (Lipinski definition) is 4. The van der Waals surface area contributed by atoms with E-state index in [-0.39, 0.29) is 11.9 Å². The van der Waals surface area contributed by atoms with E-state index in [4.69, 9.17) is 15.5 Å². The van der Waals surface area contributed by atoms with Gasteiger partial charge < -0.3 is 15.5 Å². The van der Waals surface area contributed by atoms with Crippen LogP contribution in [-0.4, -0.2) is 27.8 Å². The highest BCUT2D eigenvalue weighted by molar-refractivity contribution is 7.46. The van der Waals surface area contributed by atoms with E-state index >= 15 is 0 Å². The van der Waals surface area contributed by atoms with Gasteiger partial charge in [0.05, 0.1) is 12.2 Å². The second-order valence-corrected chi connectivity index (χ2v) is 2.85. The fourth-order valence-corrected chi connectivity index (χ4v) is 0.850. The van der Waals surface area contributed by atoms with Crippen LogP contribution in [0.5, 0.6) is 0 Å². The van der Waals surface area contributed by atoms with Crippen LogP contribution in [-0.2, 0) is 4.79 Å². The van der Waals surface area contributed by atoms with Gasteiger partial charge in [0.1, 0.15) is 0 Å². The zero-order valence-corrected chi connectivity index (χ0v) is 6.01. The second-order valence-electron chi connectivity index (χ2n) is 1.79. The number of carbonyl (C=O) groups is 1. The quantitative estimate of drug-likeness (QED) is 0.461. The Balaban J connectivity index is 3.51. The minimum Gasteiger partial charge on any atom is -0.350 e. The first-order valence-corrected chi connectivity index (χ1v) is 3.91. The third-order valence-electron chi connectivity index (χ3n) is 0.805. The van der Waals surface area contributed by atoms with Gasteiger partial charge in [0.15, 0.2) is 14.2 Å². The first-order chi connectivity index (χ1) is 4.04. The summed E-state index contributed by atoms with van der Waals surface area (Å²) in [7, 11) is -2.10. The maximum atomic E-state index is 10.5. The van der Waals surface area contributed by atoms with Gasteiger partial charge in [-0.2, -0.15) is 0 Å². The SMILES string of the molecule is C[C@@H](N)C(=O)CP(O)O. The third kappa shape index (κ3) is 4.48. The lowest BCUT2D eigenvalue weighted by molar-refractivity contribution is -0.117. The van der Waals surface area contributed by atoms with E-state index in [0.29, 0.717) is 0 Å². The number of Topliss-reactive ketones (excluding diaryl/α,β-unsaturated/α-hetero) is 1. The highest BCUT2D eigenvalue weighted by atomic mass is 31.2. The van der Waals surface area contributed by atoms with Crippen LogP contribution in [0.1, 0.15) is 6.92 Å². The van der Waals surface area contributed by atoms with Crippen molar-refractivity contribution < 1.29 is 14.6 Å². The lowest BCUT2D eigenvalue weighted by atomic mass is 10.3. The van der Waals surface area contributed by atoms with E-state index in [0.717, 1.165) is 0 Å². The standard InChI is InChI=1S/C4H10NO3P/c1-3(5)4(6)2-9(7)8/h3,7-8H,2,5H2,1H3/t3-/m1/s1. The van der Waals surface area contributed by atoms with Crippen LogP contribution < -0.4 is 5.73 Å². The van der Waals surface area contributed by atoms with Gasteiger partial charge in [-0.15, -0.1) is 0 Å². The van der Waals surface area contributed by atoms with Crippen molar-refractivity contribution in [2.45, 2.75) is 13.0 Å². The van der Waals surface area contributed by atoms with Crippen molar-refractivity contribution in [3.8, 4) is 0 Å². The molecular formula is C4H10NO3P. The van der Waals surface area contributed by atoms with E-state index in [9.17, 15) is 4.79 Å². The van der Waals surface area contributed by atoms with Crippen LogP contribution >= 0.6 is 8.38 Å². The molecule has 54 valence electrons. The summed E-state index contributed by atoms with van der Waals surface area (Å²) in [5.74, 6) is -0.314. The number of hydrogen-bond donors (Lipinski definition) is 3. The molecule has 0 radical (unpaired) electrons. The smallest absolute Gasteiger partial charge is 0.172 e. The molecule has 0 saturated heterocycles. The molecule has 0 aliphatic heterocycles. The summed E-state index contributed by atoms with van der Waals surface area (Å²) in [5, 5.41) is 0. The first-order valence-electron chi connectivity index (χ1n) is 2.47. The molecular weight excluding hydrogens is 141 g/mol. The predicted octanol–water partition coefficient (Wildman–Crippen LogP) is -0.801. The van der Waals surface area contributed by atoms with Gasteiger partial charge in [-0.3, -0.25) is 4.79 Å². The zero-order chi connectivity index (χ0) is 7.44. The molecule has 0 amide bonds. The van der Waals surface area contributed by atoms with Crippen LogP contribution in [0.2, 0.25) is 0 Å². The van der Waals surface area contributed by atoms with Crippen LogP contribution in [0.3, 0.4) is 0 Å². The van der Waals surface area contributed by atoms with Crippen LogP contribution in [0.25, 0.3) is 0 Å². The van der Waals surface area contributed by atoms with E-state index in [1.807, 2.05) is 0 Å². The highest BCUT2D eigenvalue weighted by Crippen LogP contribution is 2.21. The predicted molar refractivity (Wildman–Crippen MR) is 34.9 cm³/mol. The molecule has 0 rings (SSSR count). The van der Waals surface area contributed by atoms with Gasteiger partial charge in [-0.05, 0) is 6.92 Å². The Morgan fingerprint density at radius 1 is 1.78 bits per heavy atom. The van der Waals surface area contributed by atoms with Gasteiger partial charge >= 0.3 is 0 Å². The van der Waals surface area contributed by atoms with Crippen molar-refractivity contribution in [1.29, 1.82) is 0 Å². The molecule has 5 heteroatoms. The maximum absolute atomic E-state index is 10.5. The molecule has 0 aromatic rings. The number of ketones is 1. The summed E-state index contributed by atoms with van der Waals surface area (Å²) in [6.45, 7) is 1.52. The van der Waals surface area contributed by atoms with Gasteiger partial charge in [-0.1, -0.05) is 0 Å². The number of carbonyl (C=O) groups excluding carboxylic acids is 1. The molecule has 4 nitrogen and oxygen atoms in total. The van der Waals surface area contributed by atoms with Crippen molar-refractivity contribution in [1.82, 2.24) is 0 Å².